The molecule has 0 radical (unpaired) electrons. The van der Waals surface area contributed by atoms with E-state index in [2.05, 4.69) is 6.58 Å². The molecule has 0 heterocycles. The van der Waals surface area contributed by atoms with Crippen LogP contribution in [0.15, 0.2) is 43.0 Å². The average Bonchev–Trinajstić information content (AvgIpc) is 2.34. The van der Waals surface area contributed by atoms with Gasteiger partial charge in [0.25, 0.3) is 0 Å². The molecule has 0 aliphatic carbocycles. The Bertz CT molecular complexity index is 374. The zero-order valence-electron chi connectivity index (χ0n) is 9.48. The van der Waals surface area contributed by atoms with Gasteiger partial charge in [-0.2, -0.15) is 0 Å². The molecule has 0 saturated carbocycles. The molecule has 0 N–H and O–H groups in total. The van der Waals surface area contributed by atoms with Crippen molar-refractivity contribution in [3.05, 3.63) is 54.1 Å². The van der Waals surface area contributed by atoms with E-state index in [0.717, 1.165) is 12.0 Å². The summed E-state index contributed by atoms with van der Waals surface area (Å²) < 4.78 is 5.09. The molecule has 0 aromatic heterocycles. The molecule has 0 aliphatic rings. The Hall–Kier alpha value is -1.83. The van der Waals surface area contributed by atoms with Crippen molar-refractivity contribution >= 4 is 12.0 Å². The molecule has 2 nitrogen and oxygen atoms in total. The number of benzene rings is 1. The summed E-state index contributed by atoms with van der Waals surface area (Å²) in [6, 6.07) is 7.18. The van der Waals surface area contributed by atoms with Crippen LogP contribution in [0.1, 0.15) is 29.3 Å². The lowest BCUT2D eigenvalue weighted by Crippen LogP contribution is -2.05. The fourth-order valence-electron chi connectivity index (χ4n) is 1.22. The molecule has 0 unspecified atom stereocenters. The van der Waals surface area contributed by atoms with E-state index < -0.39 is 0 Å². The lowest BCUT2D eigenvalue weighted by atomic mass is 10.1. The second-order valence-electron chi connectivity index (χ2n) is 3.32. The van der Waals surface area contributed by atoms with Crippen LogP contribution in [0.4, 0.5) is 0 Å². The predicted octanol–water partition coefficient (Wildman–Crippen LogP) is 3.45. The van der Waals surface area contributed by atoms with Gasteiger partial charge in [0.1, 0.15) is 0 Å². The molecule has 1 aromatic carbocycles. The molecule has 0 bridgehead atoms. The van der Waals surface area contributed by atoms with E-state index in [1.54, 1.807) is 18.2 Å². The SMILES string of the molecule is C=Cc1ccc(C(=O)OCCC=CC)cc1. The van der Waals surface area contributed by atoms with Crippen LogP contribution >= 0.6 is 0 Å². The monoisotopic (exact) mass is 216 g/mol. The van der Waals surface area contributed by atoms with Crippen molar-refractivity contribution in [1.82, 2.24) is 0 Å². The Morgan fingerprint density at radius 1 is 1.38 bits per heavy atom. The summed E-state index contributed by atoms with van der Waals surface area (Å²) in [5.74, 6) is -0.278. The first-order chi connectivity index (χ1) is 7.77. The van der Waals surface area contributed by atoms with Gasteiger partial charge in [0, 0.05) is 0 Å². The molecular formula is C14H16O2. The second kappa shape index (κ2) is 6.62. The number of carbonyl (C=O) groups is 1. The number of hydrogen-bond donors (Lipinski definition) is 0. The Morgan fingerprint density at radius 2 is 2.06 bits per heavy atom. The molecule has 16 heavy (non-hydrogen) atoms. The summed E-state index contributed by atoms with van der Waals surface area (Å²) >= 11 is 0. The van der Waals surface area contributed by atoms with Crippen molar-refractivity contribution < 1.29 is 9.53 Å². The number of esters is 1. The minimum atomic E-state index is -0.278. The average molecular weight is 216 g/mol. The van der Waals surface area contributed by atoms with Gasteiger partial charge in [-0.15, -0.1) is 0 Å². The van der Waals surface area contributed by atoms with E-state index in [1.165, 1.54) is 0 Å². The maximum atomic E-state index is 11.5. The van der Waals surface area contributed by atoms with Crippen molar-refractivity contribution in [1.29, 1.82) is 0 Å². The molecule has 84 valence electrons. The fourth-order valence-corrected chi connectivity index (χ4v) is 1.22. The van der Waals surface area contributed by atoms with Gasteiger partial charge < -0.3 is 4.74 Å². The number of rotatable bonds is 5. The summed E-state index contributed by atoms with van der Waals surface area (Å²) in [6.07, 6.45) is 6.40. The Morgan fingerprint density at radius 3 is 2.62 bits per heavy atom. The van der Waals surface area contributed by atoms with Crippen LogP contribution in [0, 0.1) is 0 Å². The van der Waals surface area contributed by atoms with E-state index in [4.69, 9.17) is 4.74 Å². The highest BCUT2D eigenvalue weighted by Crippen LogP contribution is 2.07. The summed E-state index contributed by atoms with van der Waals surface area (Å²) in [5, 5.41) is 0. The first-order valence-electron chi connectivity index (χ1n) is 5.28. The highest BCUT2D eigenvalue weighted by molar-refractivity contribution is 5.89. The molecule has 0 atom stereocenters. The third kappa shape index (κ3) is 3.73. The van der Waals surface area contributed by atoms with Gasteiger partial charge in [-0.1, -0.05) is 36.9 Å². The normalized spacial score (nSPS) is 10.3. The van der Waals surface area contributed by atoms with Crippen molar-refractivity contribution in [3.8, 4) is 0 Å². The van der Waals surface area contributed by atoms with Crippen LogP contribution < -0.4 is 0 Å². The van der Waals surface area contributed by atoms with Crippen LogP contribution in [-0.4, -0.2) is 12.6 Å². The zero-order valence-corrected chi connectivity index (χ0v) is 9.48. The summed E-state index contributed by atoms with van der Waals surface area (Å²) in [5.41, 5.74) is 1.57. The Balaban J connectivity index is 2.49. The first-order valence-corrected chi connectivity index (χ1v) is 5.28. The molecular weight excluding hydrogens is 200 g/mol. The number of hydrogen-bond acceptors (Lipinski definition) is 2. The third-order valence-corrected chi connectivity index (χ3v) is 2.14. The van der Waals surface area contributed by atoms with Crippen LogP contribution in [0.3, 0.4) is 0 Å². The second-order valence-corrected chi connectivity index (χ2v) is 3.32. The maximum Gasteiger partial charge on any atom is 0.338 e. The smallest absolute Gasteiger partial charge is 0.338 e. The van der Waals surface area contributed by atoms with E-state index >= 15 is 0 Å². The number of carbonyl (C=O) groups excluding carboxylic acids is 1. The van der Waals surface area contributed by atoms with Gasteiger partial charge in [0.15, 0.2) is 0 Å². The standard InChI is InChI=1S/C14H16O2/c1-3-5-6-11-16-14(15)13-9-7-12(4-2)8-10-13/h3-5,7-10H,2,6,11H2,1H3. The highest BCUT2D eigenvalue weighted by atomic mass is 16.5. The summed E-state index contributed by atoms with van der Waals surface area (Å²) in [6.45, 7) is 6.02. The Kier molecular flexibility index (Phi) is 5.06. The van der Waals surface area contributed by atoms with Gasteiger partial charge in [-0.25, -0.2) is 4.79 Å². The van der Waals surface area contributed by atoms with Crippen LogP contribution in [0.5, 0.6) is 0 Å². The van der Waals surface area contributed by atoms with Crippen molar-refractivity contribution in [2.45, 2.75) is 13.3 Å². The van der Waals surface area contributed by atoms with E-state index in [-0.39, 0.29) is 5.97 Å². The minimum Gasteiger partial charge on any atom is -0.462 e. The highest BCUT2D eigenvalue weighted by Gasteiger charge is 2.05. The van der Waals surface area contributed by atoms with Crippen LogP contribution in [0.2, 0.25) is 0 Å². The van der Waals surface area contributed by atoms with Crippen LogP contribution in [-0.2, 0) is 4.74 Å². The lowest BCUT2D eigenvalue weighted by Gasteiger charge is -2.03. The van der Waals surface area contributed by atoms with Gasteiger partial charge >= 0.3 is 5.97 Å². The maximum absolute atomic E-state index is 11.5. The van der Waals surface area contributed by atoms with Gasteiger partial charge in [-0.3, -0.25) is 0 Å². The lowest BCUT2D eigenvalue weighted by molar-refractivity contribution is 0.0511. The van der Waals surface area contributed by atoms with Gasteiger partial charge in [-0.05, 0) is 31.0 Å². The molecule has 0 aliphatic heterocycles. The van der Waals surface area contributed by atoms with Crippen LogP contribution in [0.25, 0.3) is 6.08 Å². The minimum absolute atomic E-state index is 0.278. The van der Waals surface area contributed by atoms with Gasteiger partial charge in [0.05, 0.1) is 12.2 Å². The zero-order chi connectivity index (χ0) is 11.8. The van der Waals surface area contributed by atoms with E-state index in [0.29, 0.717) is 12.2 Å². The van der Waals surface area contributed by atoms with Crippen molar-refractivity contribution in [2.24, 2.45) is 0 Å². The van der Waals surface area contributed by atoms with Crippen molar-refractivity contribution in [3.63, 3.8) is 0 Å². The van der Waals surface area contributed by atoms with E-state index in [9.17, 15) is 4.79 Å². The molecule has 0 fully saturated rings. The molecule has 1 aromatic rings. The van der Waals surface area contributed by atoms with Crippen molar-refractivity contribution in [2.75, 3.05) is 6.61 Å². The molecule has 1 rings (SSSR count). The fraction of sp³-hybridized carbons (Fsp3) is 0.214. The Labute approximate surface area is 96.2 Å². The van der Waals surface area contributed by atoms with E-state index in [1.807, 2.05) is 31.2 Å². The third-order valence-electron chi connectivity index (χ3n) is 2.14. The quantitative estimate of drug-likeness (QED) is 0.428. The first kappa shape index (κ1) is 12.2. The predicted molar refractivity (Wildman–Crippen MR) is 66.2 cm³/mol. The number of ether oxygens (including phenoxy) is 1. The molecule has 0 spiro atoms. The number of allylic oxidation sites excluding steroid dienone is 1. The largest absolute Gasteiger partial charge is 0.462 e. The van der Waals surface area contributed by atoms with Gasteiger partial charge in [0.2, 0.25) is 0 Å². The molecule has 0 amide bonds. The molecule has 0 saturated heterocycles. The summed E-state index contributed by atoms with van der Waals surface area (Å²) in [4.78, 5) is 11.5. The summed E-state index contributed by atoms with van der Waals surface area (Å²) in [7, 11) is 0. The topological polar surface area (TPSA) is 26.3 Å². The molecule has 2 heteroatoms.